The first-order chi connectivity index (χ1) is 15.4. The Bertz CT molecular complexity index is 1000. The lowest BCUT2D eigenvalue weighted by atomic mass is 10.1. The molecule has 0 bridgehead atoms. The molecule has 1 saturated heterocycles. The van der Waals surface area contributed by atoms with Crippen molar-refractivity contribution in [3.05, 3.63) is 52.5 Å². The molecule has 1 heterocycles. The molecule has 1 aliphatic rings. The van der Waals surface area contributed by atoms with Gasteiger partial charge in [0, 0.05) is 30.1 Å². The predicted molar refractivity (Wildman–Crippen MR) is 123 cm³/mol. The van der Waals surface area contributed by atoms with Gasteiger partial charge in [-0.1, -0.05) is 11.6 Å². The van der Waals surface area contributed by atoms with Gasteiger partial charge in [0.2, 0.25) is 5.91 Å². The van der Waals surface area contributed by atoms with Gasteiger partial charge in [-0.15, -0.1) is 0 Å². The van der Waals surface area contributed by atoms with E-state index in [1.54, 1.807) is 41.3 Å². The van der Waals surface area contributed by atoms with Gasteiger partial charge in [-0.3, -0.25) is 14.4 Å². The molecule has 0 spiro atoms. The first kappa shape index (κ1) is 23.6. The van der Waals surface area contributed by atoms with Crippen LogP contribution in [0.5, 0.6) is 11.5 Å². The van der Waals surface area contributed by atoms with E-state index in [9.17, 15) is 14.4 Å². The number of carbonyl (C=O) groups is 3. The Balaban J connectivity index is 1.55. The van der Waals surface area contributed by atoms with Crippen molar-refractivity contribution in [1.82, 2.24) is 4.90 Å². The number of ketones is 1. The van der Waals surface area contributed by atoms with Gasteiger partial charge in [0.05, 0.1) is 25.0 Å². The summed E-state index contributed by atoms with van der Waals surface area (Å²) in [5, 5.41) is 3.26. The molecule has 2 amide bonds. The van der Waals surface area contributed by atoms with Gasteiger partial charge in [-0.05, 0) is 62.6 Å². The van der Waals surface area contributed by atoms with Crippen molar-refractivity contribution in [2.24, 2.45) is 0 Å². The number of nitrogens with one attached hydrogen (secondary N) is 1. The maximum atomic E-state index is 12.8. The zero-order valence-electron chi connectivity index (χ0n) is 18.3. The number of rotatable bonds is 9. The van der Waals surface area contributed by atoms with Crippen molar-refractivity contribution in [2.45, 2.75) is 32.6 Å². The lowest BCUT2D eigenvalue weighted by Crippen LogP contribution is -2.28. The summed E-state index contributed by atoms with van der Waals surface area (Å²) in [5.74, 6) is 0.580. The van der Waals surface area contributed by atoms with Crippen LogP contribution in [-0.4, -0.2) is 49.3 Å². The molecular weight excluding hydrogens is 432 g/mol. The lowest BCUT2D eigenvalue weighted by molar-refractivity contribution is -0.116. The van der Waals surface area contributed by atoms with Gasteiger partial charge in [-0.25, -0.2) is 0 Å². The van der Waals surface area contributed by atoms with Crippen molar-refractivity contribution in [3.63, 3.8) is 0 Å². The van der Waals surface area contributed by atoms with E-state index < -0.39 is 0 Å². The lowest BCUT2D eigenvalue weighted by Gasteiger charge is -2.18. The Kier molecular flexibility index (Phi) is 8.11. The summed E-state index contributed by atoms with van der Waals surface area (Å²) in [6, 6.07) is 9.88. The summed E-state index contributed by atoms with van der Waals surface area (Å²) >= 11 is 6.09. The van der Waals surface area contributed by atoms with Gasteiger partial charge < -0.3 is 19.7 Å². The molecule has 0 unspecified atom stereocenters. The van der Waals surface area contributed by atoms with Crippen LogP contribution in [-0.2, 0) is 4.79 Å². The number of amides is 2. The molecule has 0 aliphatic carbocycles. The molecule has 32 heavy (non-hydrogen) atoms. The van der Waals surface area contributed by atoms with Crippen molar-refractivity contribution in [1.29, 1.82) is 0 Å². The molecule has 8 heteroatoms. The number of Topliss-reactive ketones (excluding diaryl/α,β-unsaturated/α-hetero) is 1. The highest BCUT2D eigenvalue weighted by Crippen LogP contribution is 2.28. The first-order valence-corrected chi connectivity index (χ1v) is 11.0. The molecule has 0 radical (unpaired) electrons. The standard InChI is InChI=1S/C24H27ClN2O5/c1-16(28)17-7-10-21(22(14-17)31-2)32-13-5-6-23(29)26-20-15-18(25)8-9-19(20)24(30)27-11-3-4-12-27/h7-10,14-15H,3-6,11-13H2,1-2H3,(H,26,29). The third kappa shape index (κ3) is 6.01. The predicted octanol–water partition coefficient (Wildman–Crippen LogP) is 4.58. The average molecular weight is 459 g/mol. The van der Waals surface area contributed by atoms with Gasteiger partial charge in [0.1, 0.15) is 0 Å². The van der Waals surface area contributed by atoms with Crippen LogP contribution in [0.4, 0.5) is 5.69 Å². The van der Waals surface area contributed by atoms with E-state index in [0.29, 0.717) is 39.8 Å². The van der Waals surface area contributed by atoms with Gasteiger partial charge >= 0.3 is 0 Å². The van der Waals surface area contributed by atoms with Crippen molar-refractivity contribution >= 4 is 34.9 Å². The molecule has 3 rings (SSSR count). The van der Waals surface area contributed by atoms with E-state index in [4.69, 9.17) is 21.1 Å². The fourth-order valence-corrected chi connectivity index (χ4v) is 3.70. The number of methoxy groups -OCH3 is 1. The number of ether oxygens (including phenoxy) is 2. The Morgan fingerprint density at radius 1 is 1.06 bits per heavy atom. The Morgan fingerprint density at radius 2 is 1.81 bits per heavy atom. The monoisotopic (exact) mass is 458 g/mol. The molecule has 170 valence electrons. The molecule has 1 aliphatic heterocycles. The van der Waals surface area contributed by atoms with E-state index in [0.717, 1.165) is 25.9 Å². The molecule has 0 atom stereocenters. The number of carbonyl (C=O) groups excluding carboxylic acids is 3. The Morgan fingerprint density at radius 3 is 2.50 bits per heavy atom. The quantitative estimate of drug-likeness (QED) is 0.439. The summed E-state index contributed by atoms with van der Waals surface area (Å²) in [7, 11) is 1.51. The summed E-state index contributed by atoms with van der Waals surface area (Å²) in [6.07, 6.45) is 2.64. The van der Waals surface area contributed by atoms with Crippen LogP contribution < -0.4 is 14.8 Å². The summed E-state index contributed by atoms with van der Waals surface area (Å²) in [5.41, 5.74) is 1.40. The van der Waals surface area contributed by atoms with Gasteiger partial charge in [0.25, 0.3) is 5.91 Å². The normalized spacial score (nSPS) is 13.0. The van der Waals surface area contributed by atoms with Crippen LogP contribution in [0.25, 0.3) is 0 Å². The van der Waals surface area contributed by atoms with Crippen molar-refractivity contribution in [3.8, 4) is 11.5 Å². The van der Waals surface area contributed by atoms with E-state index in [1.165, 1.54) is 14.0 Å². The van der Waals surface area contributed by atoms with Gasteiger partial charge in [-0.2, -0.15) is 0 Å². The molecule has 0 aromatic heterocycles. The highest BCUT2D eigenvalue weighted by Gasteiger charge is 2.22. The molecule has 7 nitrogen and oxygen atoms in total. The summed E-state index contributed by atoms with van der Waals surface area (Å²) < 4.78 is 11.0. The van der Waals surface area contributed by atoms with Crippen LogP contribution in [0.15, 0.2) is 36.4 Å². The molecule has 1 fully saturated rings. The highest BCUT2D eigenvalue weighted by atomic mass is 35.5. The molecule has 2 aromatic rings. The third-order valence-electron chi connectivity index (χ3n) is 5.26. The summed E-state index contributed by atoms with van der Waals surface area (Å²) in [4.78, 5) is 38.5. The van der Waals surface area contributed by atoms with Crippen LogP contribution in [0.2, 0.25) is 5.02 Å². The number of benzene rings is 2. The fraction of sp³-hybridized carbons (Fsp3) is 0.375. The van der Waals surface area contributed by atoms with Crippen LogP contribution in [0, 0.1) is 0 Å². The van der Waals surface area contributed by atoms with E-state index >= 15 is 0 Å². The van der Waals surface area contributed by atoms with Crippen molar-refractivity contribution in [2.75, 3.05) is 32.1 Å². The number of likely N-dealkylation sites (tertiary alicyclic amines) is 1. The Hall–Kier alpha value is -3.06. The Labute approximate surface area is 192 Å². The highest BCUT2D eigenvalue weighted by molar-refractivity contribution is 6.31. The average Bonchev–Trinajstić information content (AvgIpc) is 3.31. The minimum Gasteiger partial charge on any atom is -0.493 e. The van der Waals surface area contributed by atoms with E-state index in [-0.39, 0.29) is 30.6 Å². The minimum atomic E-state index is -0.231. The second-order valence-corrected chi connectivity index (χ2v) is 8.05. The number of anilines is 1. The maximum Gasteiger partial charge on any atom is 0.255 e. The maximum absolute atomic E-state index is 12.8. The number of nitrogens with zero attached hydrogens (tertiary/aromatic N) is 1. The number of hydrogen-bond donors (Lipinski definition) is 1. The second kappa shape index (κ2) is 11.0. The minimum absolute atomic E-state index is 0.0601. The van der Waals surface area contributed by atoms with Gasteiger partial charge in [0.15, 0.2) is 17.3 Å². The van der Waals surface area contributed by atoms with Crippen LogP contribution in [0.3, 0.4) is 0 Å². The zero-order chi connectivity index (χ0) is 23.1. The van der Waals surface area contributed by atoms with Crippen LogP contribution in [0.1, 0.15) is 53.3 Å². The zero-order valence-corrected chi connectivity index (χ0v) is 19.0. The number of halogens is 1. The largest absolute Gasteiger partial charge is 0.493 e. The van der Waals surface area contributed by atoms with E-state index in [2.05, 4.69) is 5.32 Å². The van der Waals surface area contributed by atoms with Crippen molar-refractivity contribution < 1.29 is 23.9 Å². The molecule has 1 N–H and O–H groups in total. The molecular formula is C24H27ClN2O5. The van der Waals surface area contributed by atoms with Crippen LogP contribution >= 0.6 is 11.6 Å². The first-order valence-electron chi connectivity index (χ1n) is 10.6. The molecule has 2 aromatic carbocycles. The smallest absolute Gasteiger partial charge is 0.255 e. The third-order valence-corrected chi connectivity index (χ3v) is 5.49. The van der Waals surface area contributed by atoms with E-state index in [1.807, 2.05) is 0 Å². The summed E-state index contributed by atoms with van der Waals surface area (Å²) in [6.45, 7) is 3.22. The topological polar surface area (TPSA) is 84.9 Å². The second-order valence-electron chi connectivity index (χ2n) is 7.61. The molecule has 0 saturated carbocycles. The number of hydrogen-bond acceptors (Lipinski definition) is 5. The fourth-order valence-electron chi connectivity index (χ4n) is 3.53. The SMILES string of the molecule is COc1cc(C(C)=O)ccc1OCCCC(=O)Nc1cc(Cl)ccc1C(=O)N1CCCC1.